The minimum atomic E-state index is -0.376. The van der Waals surface area contributed by atoms with Gasteiger partial charge in [-0.05, 0) is 45.8 Å². The number of nitrogens with zero attached hydrogens (tertiary/aromatic N) is 3. The van der Waals surface area contributed by atoms with Gasteiger partial charge in [-0.15, -0.1) is 0 Å². The molecule has 0 radical (unpaired) electrons. The average Bonchev–Trinajstić information content (AvgIpc) is 3.04. The smallest absolute Gasteiger partial charge is 0.256 e. The lowest BCUT2D eigenvalue weighted by Gasteiger charge is -2.53. The fraction of sp³-hybridized carbons (Fsp3) is 0.545. The number of amides is 2. The van der Waals surface area contributed by atoms with Gasteiger partial charge in [0.15, 0.2) is 0 Å². The van der Waals surface area contributed by atoms with Crippen LogP contribution in [0.1, 0.15) is 36.5 Å². The summed E-state index contributed by atoms with van der Waals surface area (Å²) >= 11 is 0. The highest BCUT2D eigenvalue weighted by Crippen LogP contribution is 2.42. The minimum Gasteiger partial charge on any atom is -0.356 e. The van der Waals surface area contributed by atoms with Crippen molar-refractivity contribution < 1.29 is 9.59 Å². The van der Waals surface area contributed by atoms with Crippen LogP contribution < -0.4 is 5.32 Å². The molecule has 4 rings (SSSR count). The van der Waals surface area contributed by atoms with Crippen molar-refractivity contribution in [1.82, 2.24) is 19.7 Å². The summed E-state index contributed by atoms with van der Waals surface area (Å²) in [5, 5.41) is 4.05. The molecule has 2 aromatic rings. The lowest BCUT2D eigenvalue weighted by molar-refractivity contribution is -0.142. The maximum atomic E-state index is 13.4. The fourth-order valence-corrected chi connectivity index (χ4v) is 5.21. The van der Waals surface area contributed by atoms with Crippen LogP contribution in [0.3, 0.4) is 0 Å². The number of hydrogen-bond donors (Lipinski definition) is 1. The number of piperidine rings is 2. The number of hydrogen-bond acceptors (Lipinski definition) is 3. The Hall–Kier alpha value is -2.34. The van der Waals surface area contributed by atoms with Gasteiger partial charge in [0.1, 0.15) is 0 Å². The van der Waals surface area contributed by atoms with Crippen molar-refractivity contribution in [1.29, 1.82) is 0 Å². The molecule has 0 saturated carbocycles. The van der Waals surface area contributed by atoms with E-state index in [4.69, 9.17) is 0 Å². The predicted molar refractivity (Wildman–Crippen MR) is 110 cm³/mol. The van der Waals surface area contributed by atoms with Crippen LogP contribution in [0, 0.1) is 5.41 Å². The number of nitrogens with one attached hydrogen (secondary N) is 1. The van der Waals surface area contributed by atoms with Gasteiger partial charge in [-0.1, -0.05) is 18.2 Å². The number of rotatable bonds is 3. The lowest BCUT2D eigenvalue weighted by atomic mass is 9.67. The standard InChI is InChI=1S/C22H30N4O2/c1-4-23-21(28)22-10-7-12-24(2)19(22)15-26(13-11-22)20(27)17-14-25(3)18-9-6-5-8-16(17)18/h5-6,8-9,14,19H,4,7,10-13,15H2,1-3H3,(H,23,28)/t19-,22+/m0/s1. The molecule has 6 heteroatoms. The summed E-state index contributed by atoms with van der Waals surface area (Å²) in [6.45, 7) is 4.83. The third-order valence-electron chi connectivity index (χ3n) is 6.73. The van der Waals surface area contributed by atoms with E-state index in [9.17, 15) is 9.59 Å². The van der Waals surface area contributed by atoms with E-state index in [1.54, 1.807) is 0 Å². The van der Waals surface area contributed by atoms with Crippen LogP contribution in [0.2, 0.25) is 0 Å². The summed E-state index contributed by atoms with van der Waals surface area (Å²) < 4.78 is 2.01. The number of aromatic nitrogens is 1. The van der Waals surface area contributed by atoms with Gasteiger partial charge >= 0.3 is 0 Å². The number of benzene rings is 1. The van der Waals surface area contributed by atoms with Gasteiger partial charge in [0.05, 0.1) is 11.0 Å². The summed E-state index contributed by atoms with van der Waals surface area (Å²) in [5.74, 6) is 0.226. The SMILES string of the molecule is CCNC(=O)[C@@]12CCCN(C)[C@H]1CN(C(=O)c1cn(C)c3ccccc13)CC2. The molecule has 28 heavy (non-hydrogen) atoms. The zero-order chi connectivity index (χ0) is 19.9. The van der Waals surface area contributed by atoms with E-state index in [0.717, 1.165) is 42.3 Å². The first-order chi connectivity index (χ1) is 13.5. The number of likely N-dealkylation sites (N-methyl/N-ethyl adjacent to an activating group) is 1. The molecule has 1 N–H and O–H groups in total. The molecule has 2 aliphatic rings. The van der Waals surface area contributed by atoms with Crippen LogP contribution in [0.15, 0.2) is 30.5 Å². The van der Waals surface area contributed by atoms with Gasteiger partial charge in [-0.3, -0.25) is 9.59 Å². The highest BCUT2D eigenvalue weighted by molar-refractivity contribution is 6.07. The Balaban J connectivity index is 1.63. The normalized spacial score (nSPS) is 25.5. The Bertz CT molecular complexity index is 905. The number of likely N-dealkylation sites (tertiary alicyclic amines) is 2. The second-order valence-corrected chi connectivity index (χ2v) is 8.29. The third kappa shape index (κ3) is 2.91. The molecule has 0 unspecified atom stereocenters. The monoisotopic (exact) mass is 382 g/mol. The van der Waals surface area contributed by atoms with Crippen LogP contribution >= 0.6 is 0 Å². The molecule has 2 amide bonds. The van der Waals surface area contributed by atoms with Gasteiger partial charge in [-0.2, -0.15) is 0 Å². The van der Waals surface area contributed by atoms with Crippen molar-refractivity contribution in [3.63, 3.8) is 0 Å². The number of para-hydroxylation sites is 1. The number of carbonyl (C=O) groups is 2. The molecule has 0 aliphatic carbocycles. The van der Waals surface area contributed by atoms with E-state index in [1.807, 2.05) is 53.9 Å². The second-order valence-electron chi connectivity index (χ2n) is 8.29. The van der Waals surface area contributed by atoms with Crippen LogP contribution in [-0.4, -0.2) is 65.4 Å². The lowest BCUT2D eigenvalue weighted by Crippen LogP contribution is -2.65. The Morgan fingerprint density at radius 2 is 1.96 bits per heavy atom. The topological polar surface area (TPSA) is 57.6 Å². The van der Waals surface area contributed by atoms with Crippen molar-refractivity contribution in [2.45, 2.75) is 32.2 Å². The van der Waals surface area contributed by atoms with Crippen LogP contribution in [0.5, 0.6) is 0 Å². The predicted octanol–water partition coefficient (Wildman–Crippen LogP) is 2.24. The zero-order valence-corrected chi connectivity index (χ0v) is 17.1. The number of carbonyl (C=O) groups excluding carboxylic acids is 2. The van der Waals surface area contributed by atoms with Crippen molar-refractivity contribution >= 4 is 22.7 Å². The van der Waals surface area contributed by atoms with Crippen molar-refractivity contribution in [2.75, 3.05) is 33.2 Å². The molecular weight excluding hydrogens is 352 g/mol. The maximum absolute atomic E-state index is 13.4. The molecule has 2 saturated heterocycles. The van der Waals surface area contributed by atoms with Crippen molar-refractivity contribution in [3.05, 3.63) is 36.0 Å². The van der Waals surface area contributed by atoms with Crippen LogP contribution in [0.4, 0.5) is 0 Å². The molecule has 2 aliphatic heterocycles. The van der Waals surface area contributed by atoms with Gasteiger partial charge in [0.2, 0.25) is 5.91 Å². The summed E-state index contributed by atoms with van der Waals surface area (Å²) in [6.07, 6.45) is 4.60. The molecule has 0 bridgehead atoms. The largest absolute Gasteiger partial charge is 0.356 e. The maximum Gasteiger partial charge on any atom is 0.256 e. The fourth-order valence-electron chi connectivity index (χ4n) is 5.21. The summed E-state index contributed by atoms with van der Waals surface area (Å²) in [5.41, 5.74) is 1.44. The summed E-state index contributed by atoms with van der Waals surface area (Å²) in [6, 6.07) is 8.09. The summed E-state index contributed by atoms with van der Waals surface area (Å²) in [7, 11) is 4.06. The first-order valence-corrected chi connectivity index (χ1v) is 10.3. The first-order valence-electron chi connectivity index (χ1n) is 10.3. The van der Waals surface area contributed by atoms with Crippen molar-refractivity contribution in [3.8, 4) is 0 Å². The highest BCUT2D eigenvalue weighted by Gasteiger charge is 2.52. The first kappa shape index (κ1) is 19.0. The Morgan fingerprint density at radius 1 is 1.18 bits per heavy atom. The highest BCUT2D eigenvalue weighted by atomic mass is 16.2. The molecule has 1 aromatic heterocycles. The molecule has 2 fully saturated rings. The summed E-state index contributed by atoms with van der Waals surface area (Å²) in [4.78, 5) is 30.6. The number of aryl methyl sites for hydroxylation is 1. The zero-order valence-electron chi connectivity index (χ0n) is 17.1. The van der Waals surface area contributed by atoms with E-state index in [2.05, 4.69) is 17.3 Å². The minimum absolute atomic E-state index is 0.0697. The van der Waals surface area contributed by atoms with Crippen LogP contribution in [0.25, 0.3) is 10.9 Å². The van der Waals surface area contributed by atoms with Gasteiger partial charge < -0.3 is 19.7 Å². The Kier molecular flexibility index (Phi) is 4.91. The average molecular weight is 383 g/mol. The Morgan fingerprint density at radius 3 is 2.75 bits per heavy atom. The molecule has 150 valence electrons. The molecule has 0 spiro atoms. The quantitative estimate of drug-likeness (QED) is 0.886. The molecule has 2 atom stereocenters. The molecule has 1 aromatic carbocycles. The van der Waals surface area contributed by atoms with E-state index < -0.39 is 0 Å². The van der Waals surface area contributed by atoms with Gasteiger partial charge in [0, 0.05) is 49.8 Å². The van der Waals surface area contributed by atoms with Crippen LogP contribution in [-0.2, 0) is 11.8 Å². The molecule has 6 nitrogen and oxygen atoms in total. The van der Waals surface area contributed by atoms with Crippen molar-refractivity contribution in [2.24, 2.45) is 12.5 Å². The number of fused-ring (bicyclic) bond motifs is 2. The van der Waals surface area contributed by atoms with E-state index in [0.29, 0.717) is 19.6 Å². The van der Waals surface area contributed by atoms with E-state index in [1.165, 1.54) is 0 Å². The van der Waals surface area contributed by atoms with E-state index in [-0.39, 0.29) is 23.3 Å². The van der Waals surface area contributed by atoms with Gasteiger partial charge in [0.25, 0.3) is 5.91 Å². The second kappa shape index (κ2) is 7.24. The Labute approximate surface area is 166 Å². The van der Waals surface area contributed by atoms with Gasteiger partial charge in [-0.25, -0.2) is 0 Å². The third-order valence-corrected chi connectivity index (χ3v) is 6.73. The molecule has 3 heterocycles. The molecular formula is C22H30N4O2. The van der Waals surface area contributed by atoms with E-state index >= 15 is 0 Å².